The molecule has 0 saturated heterocycles. The SMILES string of the molecule is COc1cccc([C@H]2OC(c3ccc(OCCCO)cc3)=N[C@@]2(CCC(=O)OC(C)(C)C)C(=O)NCc2cccc3ccccc23)c1. The number of aliphatic hydroxyl groups is 1. The summed E-state index contributed by atoms with van der Waals surface area (Å²) in [6.45, 7) is 6.11. The summed E-state index contributed by atoms with van der Waals surface area (Å²) in [5.41, 5.74) is 0.0790. The van der Waals surface area contributed by atoms with Crippen molar-refractivity contribution in [1.82, 2.24) is 5.32 Å². The maximum absolute atomic E-state index is 14.6. The van der Waals surface area contributed by atoms with E-state index < -0.39 is 23.2 Å². The van der Waals surface area contributed by atoms with Gasteiger partial charge in [-0.25, -0.2) is 4.99 Å². The zero-order valence-corrected chi connectivity index (χ0v) is 27.3. The number of nitrogens with zero attached hydrogens (tertiary/aromatic N) is 1. The Morgan fingerprint density at radius 1 is 0.957 bits per heavy atom. The largest absolute Gasteiger partial charge is 0.497 e. The number of aliphatic hydroxyl groups excluding tert-OH is 1. The zero-order valence-electron chi connectivity index (χ0n) is 27.3. The summed E-state index contributed by atoms with van der Waals surface area (Å²) < 4.78 is 23.4. The highest BCUT2D eigenvalue weighted by Gasteiger charge is 2.53. The Morgan fingerprint density at radius 2 is 1.70 bits per heavy atom. The third-order valence-electron chi connectivity index (χ3n) is 7.88. The lowest BCUT2D eigenvalue weighted by molar-refractivity contribution is -0.155. The van der Waals surface area contributed by atoms with Gasteiger partial charge in [-0.2, -0.15) is 0 Å². The Hall–Kier alpha value is -4.89. The first-order valence-corrected chi connectivity index (χ1v) is 15.8. The standard InChI is InChI=1S/C38H42N2O7/c1-37(2,3)47-33(42)20-21-38(36(43)39-25-29-13-7-11-26-10-5-6-15-32(26)29)34(28-12-8-14-31(24-28)44-4)46-35(40-38)27-16-18-30(19-17-27)45-23-9-22-41/h5-8,10-19,24,34,41H,9,20-23,25H2,1-4H3,(H,39,43)/t34-,38-/m1/s1. The Balaban J connectivity index is 1.54. The van der Waals surface area contributed by atoms with E-state index in [0.29, 0.717) is 35.7 Å². The third kappa shape index (κ3) is 8.10. The van der Waals surface area contributed by atoms with E-state index in [0.717, 1.165) is 16.3 Å². The molecule has 0 bridgehead atoms. The van der Waals surface area contributed by atoms with Gasteiger partial charge in [-0.1, -0.05) is 54.6 Å². The molecule has 9 nitrogen and oxygen atoms in total. The van der Waals surface area contributed by atoms with Crippen LogP contribution in [0.5, 0.6) is 11.5 Å². The van der Waals surface area contributed by atoms with Crippen molar-refractivity contribution in [2.24, 2.45) is 4.99 Å². The van der Waals surface area contributed by atoms with Gasteiger partial charge in [0.05, 0.1) is 13.7 Å². The molecule has 47 heavy (non-hydrogen) atoms. The number of fused-ring (bicyclic) bond motifs is 1. The molecule has 0 saturated carbocycles. The lowest BCUT2D eigenvalue weighted by Gasteiger charge is -2.31. The van der Waals surface area contributed by atoms with Crippen LogP contribution in [0.15, 0.2) is 96.0 Å². The summed E-state index contributed by atoms with van der Waals surface area (Å²) in [4.78, 5) is 32.6. The zero-order chi connectivity index (χ0) is 33.4. The minimum absolute atomic E-state index is 0.0387. The maximum atomic E-state index is 14.6. The third-order valence-corrected chi connectivity index (χ3v) is 7.88. The number of carbonyl (C=O) groups is 2. The molecule has 1 amide bonds. The summed E-state index contributed by atoms with van der Waals surface area (Å²) in [5.74, 6) is 0.691. The summed E-state index contributed by atoms with van der Waals surface area (Å²) in [6.07, 6.45) is -0.370. The minimum atomic E-state index is -1.51. The van der Waals surface area contributed by atoms with E-state index in [2.05, 4.69) is 5.32 Å². The number of hydrogen-bond donors (Lipinski definition) is 2. The second kappa shape index (κ2) is 14.7. The molecule has 2 N–H and O–H groups in total. The lowest BCUT2D eigenvalue weighted by Crippen LogP contribution is -2.48. The van der Waals surface area contributed by atoms with Crippen LogP contribution in [-0.4, -0.2) is 54.3 Å². The van der Waals surface area contributed by atoms with Crippen molar-refractivity contribution < 1.29 is 33.6 Å². The second-order valence-electron chi connectivity index (χ2n) is 12.5. The predicted molar refractivity (Wildman–Crippen MR) is 181 cm³/mol. The Bertz CT molecular complexity index is 1720. The van der Waals surface area contributed by atoms with E-state index in [1.165, 1.54) is 0 Å². The minimum Gasteiger partial charge on any atom is -0.497 e. The van der Waals surface area contributed by atoms with Gasteiger partial charge < -0.3 is 29.4 Å². The van der Waals surface area contributed by atoms with E-state index in [9.17, 15) is 9.59 Å². The molecule has 0 radical (unpaired) electrons. The monoisotopic (exact) mass is 638 g/mol. The fraction of sp³-hybridized carbons (Fsp3) is 0.342. The van der Waals surface area contributed by atoms with Gasteiger partial charge in [0.15, 0.2) is 11.6 Å². The fourth-order valence-electron chi connectivity index (χ4n) is 5.64. The van der Waals surface area contributed by atoms with Gasteiger partial charge in [-0.3, -0.25) is 9.59 Å². The van der Waals surface area contributed by atoms with Gasteiger partial charge >= 0.3 is 5.97 Å². The number of rotatable bonds is 13. The molecule has 1 aliphatic heterocycles. The Morgan fingerprint density at radius 3 is 2.45 bits per heavy atom. The molecule has 0 aliphatic carbocycles. The molecule has 4 aromatic carbocycles. The summed E-state index contributed by atoms with van der Waals surface area (Å²) >= 11 is 0. The highest BCUT2D eigenvalue weighted by atomic mass is 16.6. The maximum Gasteiger partial charge on any atom is 0.306 e. The van der Waals surface area contributed by atoms with Crippen LogP contribution >= 0.6 is 0 Å². The molecular weight excluding hydrogens is 596 g/mol. The quantitative estimate of drug-likeness (QED) is 0.130. The smallest absolute Gasteiger partial charge is 0.306 e. The van der Waals surface area contributed by atoms with E-state index in [4.69, 9.17) is 29.0 Å². The Labute approximate surface area is 275 Å². The van der Waals surface area contributed by atoms with Crippen molar-refractivity contribution in [2.45, 2.75) is 63.8 Å². The van der Waals surface area contributed by atoms with Crippen molar-refractivity contribution in [1.29, 1.82) is 0 Å². The molecule has 1 heterocycles. The van der Waals surface area contributed by atoms with Crippen molar-refractivity contribution in [3.63, 3.8) is 0 Å². The molecule has 5 rings (SSSR count). The first-order valence-electron chi connectivity index (χ1n) is 15.8. The van der Waals surface area contributed by atoms with Crippen LogP contribution in [0.25, 0.3) is 10.8 Å². The van der Waals surface area contributed by atoms with Crippen LogP contribution in [0.2, 0.25) is 0 Å². The molecule has 4 aromatic rings. The number of methoxy groups -OCH3 is 1. The fourth-order valence-corrected chi connectivity index (χ4v) is 5.64. The van der Waals surface area contributed by atoms with E-state index in [-0.39, 0.29) is 37.8 Å². The van der Waals surface area contributed by atoms with Crippen LogP contribution in [0.4, 0.5) is 0 Å². The number of amides is 1. The van der Waals surface area contributed by atoms with Gasteiger partial charge in [-0.05, 0) is 85.5 Å². The number of esters is 1. The van der Waals surface area contributed by atoms with Crippen molar-refractivity contribution >= 4 is 28.5 Å². The van der Waals surface area contributed by atoms with Gasteiger partial charge in [0.25, 0.3) is 5.91 Å². The summed E-state index contributed by atoms with van der Waals surface area (Å²) in [6, 6.07) is 28.5. The summed E-state index contributed by atoms with van der Waals surface area (Å²) in [7, 11) is 1.58. The molecule has 1 aliphatic rings. The van der Waals surface area contributed by atoms with Gasteiger partial charge in [0, 0.05) is 31.6 Å². The number of hydrogen-bond acceptors (Lipinski definition) is 8. The molecule has 0 spiro atoms. The average molecular weight is 639 g/mol. The number of aliphatic imine (C=N–C) groups is 1. The molecule has 0 unspecified atom stereocenters. The summed E-state index contributed by atoms with van der Waals surface area (Å²) in [5, 5.41) is 14.3. The molecule has 0 aromatic heterocycles. The van der Waals surface area contributed by atoms with Crippen LogP contribution in [-0.2, 0) is 25.6 Å². The topological polar surface area (TPSA) is 116 Å². The molecule has 9 heteroatoms. The van der Waals surface area contributed by atoms with Crippen LogP contribution < -0.4 is 14.8 Å². The average Bonchev–Trinajstić information content (AvgIpc) is 3.47. The molecule has 0 fully saturated rings. The van der Waals surface area contributed by atoms with E-state index in [1.807, 2.05) is 99.6 Å². The second-order valence-corrected chi connectivity index (χ2v) is 12.5. The van der Waals surface area contributed by atoms with Crippen LogP contribution in [0.1, 0.15) is 62.8 Å². The van der Waals surface area contributed by atoms with Crippen molar-refractivity contribution in [3.05, 3.63) is 108 Å². The molecular formula is C38H42N2O7. The molecule has 2 atom stereocenters. The number of nitrogens with one attached hydrogen (secondary N) is 1. The molecule has 246 valence electrons. The lowest BCUT2D eigenvalue weighted by atomic mass is 9.83. The van der Waals surface area contributed by atoms with Gasteiger partial charge in [0.2, 0.25) is 5.90 Å². The van der Waals surface area contributed by atoms with Crippen molar-refractivity contribution in [3.8, 4) is 11.5 Å². The number of benzene rings is 4. The van der Waals surface area contributed by atoms with E-state index in [1.54, 1.807) is 19.2 Å². The van der Waals surface area contributed by atoms with Gasteiger partial charge in [0.1, 0.15) is 17.1 Å². The number of ether oxygens (including phenoxy) is 4. The number of carbonyl (C=O) groups excluding carboxylic acids is 2. The first-order chi connectivity index (χ1) is 22.6. The Kier molecular flexibility index (Phi) is 10.5. The van der Waals surface area contributed by atoms with Crippen LogP contribution in [0, 0.1) is 0 Å². The van der Waals surface area contributed by atoms with Crippen LogP contribution in [0.3, 0.4) is 0 Å². The predicted octanol–water partition coefficient (Wildman–Crippen LogP) is 6.30. The first kappa shape index (κ1) is 33.5. The highest BCUT2D eigenvalue weighted by molar-refractivity contribution is 6.01. The normalized spacial score (nSPS) is 17.5. The van der Waals surface area contributed by atoms with E-state index >= 15 is 0 Å². The van der Waals surface area contributed by atoms with Gasteiger partial charge in [-0.15, -0.1) is 0 Å². The van der Waals surface area contributed by atoms with Crippen molar-refractivity contribution in [2.75, 3.05) is 20.3 Å². The highest BCUT2D eigenvalue weighted by Crippen LogP contribution is 2.44.